The number of hydrogen-bond donors (Lipinski definition) is 0. The molecule has 0 aliphatic heterocycles. The van der Waals surface area contributed by atoms with Gasteiger partial charge in [0.2, 0.25) is 0 Å². The van der Waals surface area contributed by atoms with Gasteiger partial charge in [0.25, 0.3) is 5.56 Å². The summed E-state index contributed by atoms with van der Waals surface area (Å²) in [5, 5.41) is 5.07. The van der Waals surface area contributed by atoms with E-state index in [0.717, 1.165) is 19.2 Å². The highest BCUT2D eigenvalue weighted by molar-refractivity contribution is 14.1. The lowest BCUT2D eigenvalue weighted by atomic mass is 9.95. The van der Waals surface area contributed by atoms with Crippen molar-refractivity contribution in [3.8, 4) is 11.5 Å². The highest BCUT2D eigenvalue weighted by Gasteiger charge is 2.23. The number of methoxy groups -OCH3 is 1. The first kappa shape index (κ1) is 26.3. The molecule has 6 nitrogen and oxygen atoms in total. The van der Waals surface area contributed by atoms with Crippen molar-refractivity contribution in [2.75, 3.05) is 7.11 Å². The largest absolute Gasteiger partial charge is 0.493 e. The highest BCUT2D eigenvalue weighted by atomic mass is 127. The molecule has 0 saturated heterocycles. The Balaban J connectivity index is 1.71. The Labute approximate surface area is 232 Å². The molecule has 1 aromatic heterocycles. The number of ether oxygens (including phenoxy) is 2. The summed E-state index contributed by atoms with van der Waals surface area (Å²) in [6, 6.07) is 17.5. The molecule has 1 heterocycles. The first-order valence-electron chi connectivity index (χ1n) is 11.4. The minimum absolute atomic E-state index is 0.220. The van der Waals surface area contributed by atoms with Gasteiger partial charge >= 0.3 is 0 Å². The average Bonchev–Trinajstić information content (AvgIpc) is 2.83. The van der Waals surface area contributed by atoms with Crippen LogP contribution in [0.25, 0.3) is 10.9 Å². The molecule has 4 rings (SSSR count). The van der Waals surface area contributed by atoms with E-state index >= 15 is 0 Å². The van der Waals surface area contributed by atoms with Crippen LogP contribution in [0.2, 0.25) is 0 Å². The van der Waals surface area contributed by atoms with Gasteiger partial charge in [0.15, 0.2) is 11.5 Å². The molecule has 3 aromatic carbocycles. The van der Waals surface area contributed by atoms with Crippen molar-refractivity contribution in [1.82, 2.24) is 9.66 Å². The second kappa shape index (κ2) is 10.7. The van der Waals surface area contributed by atoms with Crippen molar-refractivity contribution in [2.24, 2.45) is 5.10 Å². The molecule has 0 aliphatic rings. The molecule has 0 bridgehead atoms. The van der Waals surface area contributed by atoms with Crippen LogP contribution in [-0.4, -0.2) is 23.0 Å². The van der Waals surface area contributed by atoms with Crippen molar-refractivity contribution in [3.05, 3.63) is 95.5 Å². The minimum Gasteiger partial charge on any atom is -0.493 e. The summed E-state index contributed by atoms with van der Waals surface area (Å²) in [6.07, 6.45) is 1.65. The fourth-order valence-corrected chi connectivity index (χ4v) is 4.80. The number of aryl methyl sites for hydroxylation is 1. The van der Waals surface area contributed by atoms with E-state index in [9.17, 15) is 4.79 Å². The molecule has 8 heteroatoms. The third kappa shape index (κ3) is 5.81. The third-order valence-corrected chi connectivity index (χ3v) is 6.85. The Morgan fingerprint density at radius 1 is 1.11 bits per heavy atom. The summed E-state index contributed by atoms with van der Waals surface area (Å²) >= 11 is 5.67. The monoisotopic (exact) mass is 659 g/mol. The minimum atomic E-state index is -0.391. The fraction of sp³-hybridized carbons (Fsp3) is 0.250. The van der Waals surface area contributed by atoms with E-state index in [1.54, 1.807) is 19.4 Å². The number of fused-ring (bicyclic) bond motifs is 1. The van der Waals surface area contributed by atoms with E-state index in [1.165, 1.54) is 10.2 Å². The molecule has 0 aliphatic carbocycles. The molecule has 0 N–H and O–H groups in total. The predicted molar refractivity (Wildman–Crippen MR) is 157 cm³/mol. The number of rotatable bonds is 6. The lowest BCUT2D eigenvalue weighted by Gasteiger charge is -2.21. The van der Waals surface area contributed by atoms with Crippen LogP contribution in [0.5, 0.6) is 11.5 Å². The van der Waals surface area contributed by atoms with Crippen LogP contribution in [0.15, 0.2) is 69.0 Å². The summed E-state index contributed by atoms with van der Waals surface area (Å²) in [6.45, 7) is 8.53. The second-order valence-electron chi connectivity index (χ2n) is 9.52. The zero-order valence-corrected chi connectivity index (χ0v) is 24.5. The molecule has 0 amide bonds. The first-order valence-corrected chi connectivity index (χ1v) is 13.3. The molecule has 186 valence electrons. The predicted octanol–water partition coefficient (Wildman–Crippen LogP) is 6.84. The molecule has 0 fully saturated rings. The Hall–Kier alpha value is -2.72. The Morgan fingerprint density at radius 2 is 1.83 bits per heavy atom. The normalized spacial score (nSPS) is 11.9. The molecular formula is C28H27BrIN3O3. The summed E-state index contributed by atoms with van der Waals surface area (Å²) in [5.41, 5.74) is 3.09. The van der Waals surface area contributed by atoms with Crippen LogP contribution >= 0.6 is 38.5 Å². The van der Waals surface area contributed by atoms with Crippen molar-refractivity contribution >= 4 is 55.6 Å². The third-order valence-electron chi connectivity index (χ3n) is 5.56. The molecule has 0 unspecified atom stereocenters. The quantitative estimate of drug-likeness (QED) is 0.168. The van der Waals surface area contributed by atoms with Gasteiger partial charge < -0.3 is 9.47 Å². The van der Waals surface area contributed by atoms with Crippen molar-refractivity contribution in [1.29, 1.82) is 0 Å². The maximum atomic E-state index is 13.4. The zero-order chi connectivity index (χ0) is 26.0. The SMILES string of the molecule is COc1cc(C=Nn2c(C(C)(C)C)nc3ccc(Br)cc3c2=O)cc(I)c1OCc1ccc(C)cc1. The second-order valence-corrected chi connectivity index (χ2v) is 11.6. The van der Waals surface area contributed by atoms with E-state index in [2.05, 4.69) is 74.8 Å². The van der Waals surface area contributed by atoms with E-state index in [1.807, 2.05) is 45.0 Å². The van der Waals surface area contributed by atoms with Crippen molar-refractivity contribution < 1.29 is 9.47 Å². The molecule has 36 heavy (non-hydrogen) atoms. The lowest BCUT2D eigenvalue weighted by Crippen LogP contribution is -2.29. The Kier molecular flexibility index (Phi) is 7.85. The van der Waals surface area contributed by atoms with E-state index in [-0.39, 0.29) is 5.56 Å². The molecular weight excluding hydrogens is 633 g/mol. The van der Waals surface area contributed by atoms with Gasteiger partial charge in [-0.1, -0.05) is 66.5 Å². The number of hydrogen-bond acceptors (Lipinski definition) is 5. The van der Waals surface area contributed by atoms with Gasteiger partial charge in [-0.15, -0.1) is 0 Å². The van der Waals surface area contributed by atoms with E-state index in [4.69, 9.17) is 14.5 Å². The fourth-order valence-electron chi connectivity index (χ4n) is 3.66. The summed E-state index contributed by atoms with van der Waals surface area (Å²) in [7, 11) is 1.61. The Morgan fingerprint density at radius 3 is 2.50 bits per heavy atom. The van der Waals surface area contributed by atoms with Crippen LogP contribution in [-0.2, 0) is 12.0 Å². The van der Waals surface area contributed by atoms with Gasteiger partial charge in [-0.3, -0.25) is 4.79 Å². The standard InChI is InChI=1S/C28H27BrIN3O3/c1-17-6-8-18(9-7-17)16-36-25-22(30)12-19(13-24(25)35-5)15-31-33-26(34)21-14-20(29)10-11-23(21)32-27(33)28(2,3)4/h6-15H,16H2,1-5H3. The van der Waals surface area contributed by atoms with Gasteiger partial charge in [0.05, 0.1) is 27.8 Å². The van der Waals surface area contributed by atoms with Crippen molar-refractivity contribution in [3.63, 3.8) is 0 Å². The summed E-state index contributed by atoms with van der Waals surface area (Å²) in [5.74, 6) is 1.85. The van der Waals surface area contributed by atoms with Gasteiger partial charge in [-0.05, 0) is 71.0 Å². The van der Waals surface area contributed by atoms with Gasteiger partial charge in [0.1, 0.15) is 12.4 Å². The number of aromatic nitrogens is 2. The molecule has 0 spiro atoms. The number of halogens is 2. The topological polar surface area (TPSA) is 65.7 Å². The average molecular weight is 660 g/mol. The van der Waals surface area contributed by atoms with Crippen molar-refractivity contribution in [2.45, 2.75) is 39.7 Å². The van der Waals surface area contributed by atoms with Gasteiger partial charge in [0, 0.05) is 9.89 Å². The smallest absolute Gasteiger partial charge is 0.282 e. The summed E-state index contributed by atoms with van der Waals surface area (Å²) in [4.78, 5) is 18.2. The maximum Gasteiger partial charge on any atom is 0.282 e. The van der Waals surface area contributed by atoms with Crippen LogP contribution in [0.4, 0.5) is 0 Å². The van der Waals surface area contributed by atoms with E-state index < -0.39 is 5.41 Å². The molecule has 0 atom stereocenters. The lowest BCUT2D eigenvalue weighted by molar-refractivity contribution is 0.282. The highest BCUT2D eigenvalue weighted by Crippen LogP contribution is 2.34. The zero-order valence-electron chi connectivity index (χ0n) is 20.8. The molecule has 0 radical (unpaired) electrons. The maximum absolute atomic E-state index is 13.4. The van der Waals surface area contributed by atoms with Crippen LogP contribution in [0, 0.1) is 10.5 Å². The summed E-state index contributed by atoms with van der Waals surface area (Å²) < 4.78 is 14.8. The van der Waals surface area contributed by atoms with Crippen LogP contribution in [0.1, 0.15) is 43.3 Å². The molecule has 4 aromatic rings. The number of benzene rings is 3. The van der Waals surface area contributed by atoms with Gasteiger partial charge in [-0.2, -0.15) is 9.78 Å². The van der Waals surface area contributed by atoms with Gasteiger partial charge in [-0.25, -0.2) is 4.98 Å². The molecule has 0 saturated carbocycles. The van der Waals surface area contributed by atoms with Crippen LogP contribution in [0.3, 0.4) is 0 Å². The van der Waals surface area contributed by atoms with Crippen LogP contribution < -0.4 is 15.0 Å². The first-order chi connectivity index (χ1) is 17.1. The van der Waals surface area contributed by atoms with E-state index in [0.29, 0.717) is 34.8 Å². The number of nitrogens with zero attached hydrogens (tertiary/aromatic N) is 3. The Bertz CT molecular complexity index is 1510.